The quantitative estimate of drug-likeness (QED) is 0.614. The van der Waals surface area contributed by atoms with Crippen molar-refractivity contribution in [1.29, 1.82) is 0 Å². The highest BCUT2D eigenvalue weighted by Gasteiger charge is 2.29. The van der Waals surface area contributed by atoms with Crippen LogP contribution in [0.5, 0.6) is 5.75 Å². The molecule has 2 atom stereocenters. The molecule has 1 N–H and O–H groups in total. The van der Waals surface area contributed by atoms with Crippen LogP contribution in [-0.2, 0) is 11.4 Å². The number of hydrogen-bond acceptors (Lipinski definition) is 6. The van der Waals surface area contributed by atoms with E-state index in [0.717, 1.165) is 11.8 Å². The molecule has 1 aliphatic heterocycles. The lowest BCUT2D eigenvalue weighted by Gasteiger charge is -2.31. The first-order valence-corrected chi connectivity index (χ1v) is 10.6. The number of pyridine rings is 2. The van der Waals surface area contributed by atoms with Gasteiger partial charge in [0.2, 0.25) is 0 Å². The van der Waals surface area contributed by atoms with E-state index in [9.17, 15) is 18.4 Å². The molecule has 3 rings (SSSR count). The summed E-state index contributed by atoms with van der Waals surface area (Å²) < 4.78 is 33.9. The third-order valence-corrected chi connectivity index (χ3v) is 5.63. The lowest BCUT2D eigenvalue weighted by molar-refractivity contribution is -0.116. The molecule has 2 aromatic rings. The lowest BCUT2D eigenvalue weighted by Crippen LogP contribution is -2.41. The summed E-state index contributed by atoms with van der Waals surface area (Å²) in [7, 11) is 3.64. The average molecular weight is 479 g/mol. The van der Waals surface area contributed by atoms with E-state index < -0.39 is 23.2 Å². The molecule has 0 spiro atoms. The lowest BCUT2D eigenvalue weighted by atomic mass is 9.94. The van der Waals surface area contributed by atoms with E-state index in [1.165, 1.54) is 10.6 Å². The highest BCUT2D eigenvalue weighted by atomic mass is 35.5. The second kappa shape index (κ2) is 10.2. The fraction of sp³-hybridized carbons (Fsp3) is 0.348. The first-order chi connectivity index (χ1) is 15.6. The number of halogens is 3. The number of rotatable bonds is 7. The summed E-state index contributed by atoms with van der Waals surface area (Å²) in [5, 5.41) is 2.91. The van der Waals surface area contributed by atoms with Crippen molar-refractivity contribution in [1.82, 2.24) is 19.8 Å². The highest BCUT2D eigenvalue weighted by molar-refractivity contribution is 6.31. The number of nitrogens with zero attached hydrogens (tertiary/aromatic N) is 3. The van der Waals surface area contributed by atoms with Crippen molar-refractivity contribution in [3.05, 3.63) is 80.8 Å². The van der Waals surface area contributed by atoms with Crippen molar-refractivity contribution in [2.75, 3.05) is 14.1 Å². The molecule has 176 valence electrons. The maximum Gasteiger partial charge on any atom is 0.273 e. The van der Waals surface area contributed by atoms with Gasteiger partial charge in [0.05, 0.1) is 18.3 Å². The van der Waals surface area contributed by atoms with Crippen LogP contribution in [0, 0.1) is 18.6 Å². The van der Waals surface area contributed by atoms with Crippen molar-refractivity contribution >= 4 is 17.4 Å². The number of ketones is 1. The molecule has 10 heteroatoms. The summed E-state index contributed by atoms with van der Waals surface area (Å²) in [5.41, 5.74) is 0.817. The maximum absolute atomic E-state index is 13.8. The van der Waals surface area contributed by atoms with Crippen LogP contribution in [-0.4, -0.2) is 40.4 Å². The van der Waals surface area contributed by atoms with Crippen LogP contribution in [0.25, 0.3) is 0 Å². The maximum atomic E-state index is 13.8. The Morgan fingerprint density at radius 3 is 2.76 bits per heavy atom. The van der Waals surface area contributed by atoms with Gasteiger partial charge in [0.1, 0.15) is 28.9 Å². The first-order valence-electron chi connectivity index (χ1n) is 10.2. The molecule has 1 aliphatic rings. The zero-order valence-corrected chi connectivity index (χ0v) is 19.5. The van der Waals surface area contributed by atoms with Gasteiger partial charge >= 0.3 is 0 Å². The van der Waals surface area contributed by atoms with E-state index in [0.29, 0.717) is 18.2 Å². The number of hydrogen-bond donors (Lipinski definition) is 1. The second-order valence-corrected chi connectivity index (χ2v) is 8.43. The van der Waals surface area contributed by atoms with Gasteiger partial charge in [-0.05, 0) is 38.1 Å². The summed E-state index contributed by atoms with van der Waals surface area (Å²) >= 11 is 6.30. The van der Waals surface area contributed by atoms with E-state index in [-0.39, 0.29) is 34.9 Å². The molecule has 2 aromatic heterocycles. The number of aromatic nitrogens is 2. The minimum atomic E-state index is -0.856. The van der Waals surface area contributed by atoms with Crippen molar-refractivity contribution in [3.63, 3.8) is 0 Å². The van der Waals surface area contributed by atoms with E-state index >= 15 is 0 Å². The molecule has 0 saturated heterocycles. The molecule has 0 bridgehead atoms. The third kappa shape index (κ3) is 5.60. The van der Waals surface area contributed by atoms with Gasteiger partial charge in [-0.15, -0.1) is 0 Å². The summed E-state index contributed by atoms with van der Waals surface area (Å²) in [6, 6.07) is 1.39. The van der Waals surface area contributed by atoms with Crippen LogP contribution >= 0.6 is 11.6 Å². The Balaban J connectivity index is 1.85. The fourth-order valence-corrected chi connectivity index (χ4v) is 3.73. The topological polar surface area (TPSA) is 76.5 Å². The summed E-state index contributed by atoms with van der Waals surface area (Å²) in [6.07, 6.45) is 6.13. The minimum absolute atomic E-state index is 0.0676. The standard InChI is InChI=1S/C23H25ClF2N4O3/c1-13-10-27-17(20(31)5-6-29(3)4)9-19(13)30-14(2)7-21(22(24)23(30)32)33-12-18-16(26)8-15(25)11-28-18/h5-8,10-11,17,19,27H,9,12H2,1-4H3/b6-5+. The van der Waals surface area contributed by atoms with Crippen LogP contribution in [0.3, 0.4) is 0 Å². The normalized spacial score (nSPS) is 18.1. The monoisotopic (exact) mass is 478 g/mol. The molecule has 0 radical (unpaired) electrons. The molecule has 2 unspecified atom stereocenters. The summed E-state index contributed by atoms with van der Waals surface area (Å²) in [4.78, 5) is 31.1. The molecule has 0 aliphatic carbocycles. The smallest absolute Gasteiger partial charge is 0.273 e. The van der Waals surface area contributed by atoms with Gasteiger partial charge in [-0.2, -0.15) is 0 Å². The fourth-order valence-electron chi connectivity index (χ4n) is 3.53. The van der Waals surface area contributed by atoms with Crippen LogP contribution in [0.15, 0.2) is 47.2 Å². The van der Waals surface area contributed by atoms with Gasteiger partial charge in [-0.25, -0.2) is 8.78 Å². The number of aryl methyl sites for hydroxylation is 1. The highest BCUT2D eigenvalue weighted by Crippen LogP contribution is 2.30. The third-order valence-electron chi connectivity index (χ3n) is 5.28. The predicted molar refractivity (Wildman–Crippen MR) is 121 cm³/mol. The number of ether oxygens (including phenoxy) is 1. The van der Waals surface area contributed by atoms with Gasteiger partial charge in [-0.1, -0.05) is 11.6 Å². The number of allylic oxidation sites excluding steroid dienone is 1. The molecule has 7 nitrogen and oxygen atoms in total. The molecule has 0 amide bonds. The van der Waals surface area contributed by atoms with E-state index in [4.69, 9.17) is 16.3 Å². The number of carbonyl (C=O) groups excluding carboxylic acids is 1. The van der Waals surface area contributed by atoms with Gasteiger partial charge in [0.15, 0.2) is 11.6 Å². The molecule has 3 heterocycles. The Hall–Kier alpha value is -3.20. The Morgan fingerprint density at radius 1 is 1.36 bits per heavy atom. The Kier molecular flexibility index (Phi) is 7.53. The van der Waals surface area contributed by atoms with Crippen LogP contribution < -0.4 is 15.6 Å². The molecule has 0 fully saturated rings. The van der Waals surface area contributed by atoms with Gasteiger partial charge in [0, 0.05) is 38.1 Å². The van der Waals surface area contributed by atoms with E-state index in [2.05, 4.69) is 10.3 Å². The molecule has 0 aromatic carbocycles. The first kappa shape index (κ1) is 24.4. The predicted octanol–water partition coefficient (Wildman–Crippen LogP) is 3.51. The zero-order chi connectivity index (χ0) is 24.3. The Bertz CT molecular complexity index is 1180. The van der Waals surface area contributed by atoms with E-state index in [1.807, 2.05) is 21.0 Å². The zero-order valence-electron chi connectivity index (χ0n) is 18.7. The number of nitrogens with one attached hydrogen (secondary N) is 1. The van der Waals surface area contributed by atoms with Gasteiger partial charge in [0.25, 0.3) is 5.56 Å². The molecule has 0 saturated carbocycles. The van der Waals surface area contributed by atoms with Crippen LogP contribution in [0.2, 0.25) is 5.02 Å². The largest absolute Gasteiger partial charge is 0.485 e. The SMILES string of the molecule is CC1=CNC(C(=O)/C=C/N(C)C)CC1n1c(C)cc(OCc2ncc(F)cc2F)c(Cl)c1=O. The molecular weight excluding hydrogens is 454 g/mol. The van der Waals surface area contributed by atoms with Crippen LogP contribution in [0.1, 0.15) is 30.8 Å². The van der Waals surface area contributed by atoms with Crippen molar-refractivity contribution in [2.24, 2.45) is 0 Å². The average Bonchev–Trinajstić information content (AvgIpc) is 2.75. The molecular formula is C23H25ClF2N4O3. The van der Waals surface area contributed by atoms with Gasteiger partial charge in [-0.3, -0.25) is 14.6 Å². The van der Waals surface area contributed by atoms with E-state index in [1.54, 1.807) is 30.3 Å². The second-order valence-electron chi connectivity index (χ2n) is 8.05. The van der Waals surface area contributed by atoms with Crippen molar-refractivity contribution in [2.45, 2.75) is 39.0 Å². The van der Waals surface area contributed by atoms with Crippen LogP contribution in [0.4, 0.5) is 8.78 Å². The molecule has 33 heavy (non-hydrogen) atoms. The minimum Gasteiger partial charge on any atom is -0.485 e. The van der Waals surface area contributed by atoms with Crippen molar-refractivity contribution in [3.8, 4) is 5.75 Å². The Labute approximate surface area is 195 Å². The van der Waals surface area contributed by atoms with Crippen molar-refractivity contribution < 1.29 is 18.3 Å². The summed E-state index contributed by atoms with van der Waals surface area (Å²) in [5.74, 6) is -1.70. The summed E-state index contributed by atoms with van der Waals surface area (Å²) in [6.45, 7) is 3.26. The van der Waals surface area contributed by atoms with Gasteiger partial charge < -0.3 is 19.5 Å². The Morgan fingerprint density at radius 2 is 2.09 bits per heavy atom. The number of carbonyl (C=O) groups is 1.